The van der Waals surface area contributed by atoms with Crippen molar-refractivity contribution in [3.05, 3.63) is 28.2 Å². The zero-order valence-electron chi connectivity index (χ0n) is 11.0. The molecule has 1 aromatic carbocycles. The van der Waals surface area contributed by atoms with Gasteiger partial charge in [-0.05, 0) is 34.0 Å². The molecule has 1 aliphatic rings. The van der Waals surface area contributed by atoms with Crippen molar-refractivity contribution in [2.24, 2.45) is 5.92 Å². The van der Waals surface area contributed by atoms with Crippen molar-refractivity contribution in [2.75, 3.05) is 24.7 Å². The fraction of sp³-hybridized carbons (Fsp3) is 0.429. The molecule has 0 N–H and O–H groups in total. The Bertz CT molecular complexity index is 513. The van der Waals surface area contributed by atoms with Crippen LogP contribution in [0.3, 0.4) is 0 Å². The maximum atomic E-state index is 11.9. The lowest BCUT2D eigenvalue weighted by molar-refractivity contribution is -0.114. The number of para-hydroxylation sites is 1. The lowest BCUT2D eigenvalue weighted by Gasteiger charge is -2.18. The summed E-state index contributed by atoms with van der Waals surface area (Å²) in [7, 11) is 0. The minimum absolute atomic E-state index is 0.396. The molecule has 5 heteroatoms. The number of halogens is 1. The number of hydrogen-bond donors (Lipinski definition) is 0. The molecule has 4 nitrogen and oxygen atoms in total. The molecule has 102 valence electrons. The number of carbonyl (C=O) groups excluding carboxylic acids is 2. The van der Waals surface area contributed by atoms with Gasteiger partial charge < -0.3 is 9.64 Å². The zero-order valence-corrected chi connectivity index (χ0v) is 12.6. The van der Waals surface area contributed by atoms with Crippen molar-refractivity contribution < 1.29 is 14.3 Å². The highest BCUT2D eigenvalue weighted by Gasteiger charge is 2.36. The first-order valence-corrected chi connectivity index (χ1v) is 7.04. The summed E-state index contributed by atoms with van der Waals surface area (Å²) in [4.78, 5) is 25.3. The highest BCUT2D eigenvalue weighted by Crippen LogP contribution is 2.35. The summed E-state index contributed by atoms with van der Waals surface area (Å²) in [5, 5.41) is 0. The van der Waals surface area contributed by atoms with Crippen molar-refractivity contribution in [3.63, 3.8) is 0 Å². The normalized spacial score (nSPS) is 14.4. The van der Waals surface area contributed by atoms with Gasteiger partial charge >= 0.3 is 0 Å². The summed E-state index contributed by atoms with van der Waals surface area (Å²) in [6.07, 6.45) is 0. The standard InChI is InChI=1S/C14H16BrNO3/c1-9(2)8-19-7-6-16-12-10(13(17)14(16)18)4-3-5-11(12)15/h3-5,9H,6-8H2,1-2H3. The summed E-state index contributed by atoms with van der Waals surface area (Å²) in [5.74, 6) is -0.467. The van der Waals surface area contributed by atoms with E-state index in [2.05, 4.69) is 29.8 Å². The number of nitrogens with zero attached hydrogens (tertiary/aromatic N) is 1. The Morgan fingerprint density at radius 1 is 1.32 bits per heavy atom. The maximum Gasteiger partial charge on any atom is 0.299 e. The molecule has 1 heterocycles. The summed E-state index contributed by atoms with van der Waals surface area (Å²) in [6.45, 7) is 5.61. The second-order valence-corrected chi connectivity index (χ2v) is 5.75. The molecule has 19 heavy (non-hydrogen) atoms. The fourth-order valence-electron chi connectivity index (χ4n) is 2.00. The molecule has 0 spiro atoms. The van der Waals surface area contributed by atoms with E-state index in [0.717, 1.165) is 4.47 Å². The van der Waals surface area contributed by atoms with Gasteiger partial charge in [0.15, 0.2) is 0 Å². The third-order valence-corrected chi connectivity index (χ3v) is 3.49. The number of rotatable bonds is 5. The number of amides is 1. The summed E-state index contributed by atoms with van der Waals surface area (Å²) in [5.41, 5.74) is 1.12. The van der Waals surface area contributed by atoms with Gasteiger partial charge in [0.25, 0.3) is 11.7 Å². The van der Waals surface area contributed by atoms with Crippen LogP contribution in [-0.2, 0) is 9.53 Å². The molecular weight excluding hydrogens is 310 g/mol. The molecular formula is C14H16BrNO3. The van der Waals surface area contributed by atoms with E-state index < -0.39 is 11.7 Å². The maximum absolute atomic E-state index is 11.9. The molecule has 0 atom stereocenters. The Morgan fingerprint density at radius 2 is 2.05 bits per heavy atom. The SMILES string of the molecule is CC(C)COCCN1C(=O)C(=O)c2cccc(Br)c21. The third-order valence-electron chi connectivity index (χ3n) is 2.85. The van der Waals surface area contributed by atoms with Crippen LogP contribution in [0.5, 0.6) is 0 Å². The number of anilines is 1. The first-order valence-electron chi connectivity index (χ1n) is 6.24. The van der Waals surface area contributed by atoms with Crippen molar-refractivity contribution in [3.8, 4) is 0 Å². The van der Waals surface area contributed by atoms with Crippen LogP contribution in [0.25, 0.3) is 0 Å². The van der Waals surface area contributed by atoms with Crippen LogP contribution in [0.2, 0.25) is 0 Å². The average Bonchev–Trinajstić information content (AvgIpc) is 2.60. The molecule has 0 radical (unpaired) electrons. The minimum Gasteiger partial charge on any atom is -0.379 e. The molecule has 0 aromatic heterocycles. The van der Waals surface area contributed by atoms with Crippen LogP contribution in [0.4, 0.5) is 5.69 Å². The fourth-order valence-corrected chi connectivity index (χ4v) is 2.58. The van der Waals surface area contributed by atoms with Crippen LogP contribution in [0.1, 0.15) is 24.2 Å². The first-order chi connectivity index (χ1) is 9.02. The van der Waals surface area contributed by atoms with E-state index in [0.29, 0.717) is 36.9 Å². The second-order valence-electron chi connectivity index (χ2n) is 4.89. The average molecular weight is 326 g/mol. The van der Waals surface area contributed by atoms with Gasteiger partial charge in [-0.1, -0.05) is 19.9 Å². The van der Waals surface area contributed by atoms with E-state index in [4.69, 9.17) is 4.74 Å². The van der Waals surface area contributed by atoms with Gasteiger partial charge in [-0.2, -0.15) is 0 Å². The number of fused-ring (bicyclic) bond motifs is 1. The van der Waals surface area contributed by atoms with Crippen LogP contribution in [-0.4, -0.2) is 31.4 Å². The largest absolute Gasteiger partial charge is 0.379 e. The monoisotopic (exact) mass is 325 g/mol. The van der Waals surface area contributed by atoms with E-state index >= 15 is 0 Å². The van der Waals surface area contributed by atoms with Gasteiger partial charge in [0, 0.05) is 17.6 Å². The number of benzene rings is 1. The predicted molar refractivity (Wildman–Crippen MR) is 76.5 cm³/mol. The molecule has 2 rings (SSSR count). The summed E-state index contributed by atoms with van der Waals surface area (Å²) in [6, 6.07) is 5.26. The Morgan fingerprint density at radius 3 is 2.74 bits per heavy atom. The van der Waals surface area contributed by atoms with Crippen molar-refractivity contribution in [1.29, 1.82) is 0 Å². The van der Waals surface area contributed by atoms with Gasteiger partial charge in [-0.25, -0.2) is 0 Å². The molecule has 0 saturated heterocycles. The summed E-state index contributed by atoms with van der Waals surface area (Å²) < 4.78 is 6.23. The molecule has 0 saturated carbocycles. The lowest BCUT2D eigenvalue weighted by atomic mass is 10.1. The predicted octanol–water partition coefficient (Wildman–Crippen LogP) is 2.65. The number of ketones is 1. The van der Waals surface area contributed by atoms with Gasteiger partial charge in [0.2, 0.25) is 0 Å². The molecule has 0 bridgehead atoms. The lowest BCUT2D eigenvalue weighted by Crippen LogP contribution is -2.33. The van der Waals surface area contributed by atoms with E-state index in [1.807, 2.05) is 6.07 Å². The summed E-state index contributed by atoms with van der Waals surface area (Å²) >= 11 is 3.39. The van der Waals surface area contributed by atoms with E-state index in [9.17, 15) is 9.59 Å². The van der Waals surface area contributed by atoms with E-state index in [1.54, 1.807) is 12.1 Å². The van der Waals surface area contributed by atoms with E-state index in [-0.39, 0.29) is 0 Å². The zero-order chi connectivity index (χ0) is 14.0. The first kappa shape index (κ1) is 14.2. The van der Waals surface area contributed by atoms with Gasteiger partial charge in [0.1, 0.15) is 0 Å². The number of carbonyl (C=O) groups is 2. The van der Waals surface area contributed by atoms with Crippen molar-refractivity contribution in [1.82, 2.24) is 0 Å². The van der Waals surface area contributed by atoms with Crippen molar-refractivity contribution in [2.45, 2.75) is 13.8 Å². The molecule has 0 unspecified atom stereocenters. The molecule has 0 aliphatic carbocycles. The van der Waals surface area contributed by atoms with E-state index in [1.165, 1.54) is 4.90 Å². The second kappa shape index (κ2) is 5.84. The third kappa shape index (κ3) is 2.87. The van der Waals surface area contributed by atoms with Gasteiger partial charge in [-0.3, -0.25) is 9.59 Å². The van der Waals surface area contributed by atoms with Gasteiger partial charge in [0.05, 0.1) is 17.9 Å². The van der Waals surface area contributed by atoms with Crippen LogP contribution >= 0.6 is 15.9 Å². The minimum atomic E-state index is -0.477. The molecule has 1 amide bonds. The number of Topliss-reactive ketones (excluding diaryl/α,β-unsaturated/α-hetero) is 1. The Labute approximate surface area is 120 Å². The molecule has 0 fully saturated rings. The van der Waals surface area contributed by atoms with Gasteiger partial charge in [-0.15, -0.1) is 0 Å². The highest BCUT2D eigenvalue weighted by atomic mass is 79.9. The topological polar surface area (TPSA) is 46.6 Å². The number of hydrogen-bond acceptors (Lipinski definition) is 3. The Hall–Kier alpha value is -1.20. The van der Waals surface area contributed by atoms with Crippen LogP contribution in [0.15, 0.2) is 22.7 Å². The number of ether oxygens (including phenoxy) is 1. The van der Waals surface area contributed by atoms with Crippen molar-refractivity contribution >= 4 is 33.3 Å². The highest BCUT2D eigenvalue weighted by molar-refractivity contribution is 9.10. The quantitative estimate of drug-likeness (QED) is 0.617. The Balaban J connectivity index is 2.10. The Kier molecular flexibility index (Phi) is 4.37. The van der Waals surface area contributed by atoms with Crippen LogP contribution in [0, 0.1) is 5.92 Å². The molecule has 1 aromatic rings. The van der Waals surface area contributed by atoms with Crippen LogP contribution < -0.4 is 4.90 Å². The smallest absolute Gasteiger partial charge is 0.299 e. The molecule has 1 aliphatic heterocycles.